The van der Waals surface area contributed by atoms with Crippen molar-refractivity contribution in [1.82, 2.24) is 15.1 Å². The molecule has 1 aromatic carbocycles. The highest BCUT2D eigenvalue weighted by Crippen LogP contribution is 2.32. The summed E-state index contributed by atoms with van der Waals surface area (Å²) in [7, 11) is 0. The van der Waals surface area contributed by atoms with E-state index in [1.807, 2.05) is 35.0 Å². The van der Waals surface area contributed by atoms with Crippen molar-refractivity contribution in [2.75, 3.05) is 0 Å². The van der Waals surface area contributed by atoms with Crippen LogP contribution in [0.2, 0.25) is 0 Å². The van der Waals surface area contributed by atoms with E-state index >= 15 is 0 Å². The lowest BCUT2D eigenvalue weighted by Gasteiger charge is -2.13. The quantitative estimate of drug-likeness (QED) is 0.917. The molecule has 1 unspecified atom stereocenters. The van der Waals surface area contributed by atoms with Crippen molar-refractivity contribution in [2.45, 2.75) is 39.2 Å². The molecule has 0 bridgehead atoms. The van der Waals surface area contributed by atoms with Gasteiger partial charge in [-0.05, 0) is 44.2 Å². The fourth-order valence-corrected chi connectivity index (χ4v) is 2.69. The van der Waals surface area contributed by atoms with E-state index in [4.69, 9.17) is 0 Å². The summed E-state index contributed by atoms with van der Waals surface area (Å²) in [5.74, 6) is 0.650. The molecule has 2 aromatic rings. The lowest BCUT2D eigenvalue weighted by Crippen LogP contribution is -2.34. The predicted octanol–water partition coefficient (Wildman–Crippen LogP) is 2.96. The summed E-state index contributed by atoms with van der Waals surface area (Å²) >= 11 is 0. The third kappa shape index (κ3) is 2.84. The van der Waals surface area contributed by atoms with Gasteiger partial charge in [-0.15, -0.1) is 0 Å². The number of para-hydroxylation sites is 1. The Balaban J connectivity index is 1.86. The van der Waals surface area contributed by atoms with Crippen molar-refractivity contribution in [3.05, 3.63) is 47.8 Å². The van der Waals surface area contributed by atoms with Gasteiger partial charge < -0.3 is 5.32 Å². The van der Waals surface area contributed by atoms with E-state index < -0.39 is 0 Å². The Labute approximate surface area is 125 Å². The van der Waals surface area contributed by atoms with Gasteiger partial charge in [0, 0.05) is 6.04 Å². The number of amides is 1. The fourth-order valence-electron chi connectivity index (χ4n) is 2.69. The van der Waals surface area contributed by atoms with Gasteiger partial charge in [0.25, 0.3) is 5.91 Å². The molecule has 0 saturated heterocycles. The van der Waals surface area contributed by atoms with Crippen LogP contribution in [-0.2, 0) is 6.42 Å². The molecule has 0 radical (unpaired) electrons. The highest BCUT2D eigenvalue weighted by Gasteiger charge is 2.30. The largest absolute Gasteiger partial charge is 0.349 e. The minimum atomic E-state index is -0.00608. The zero-order valence-corrected chi connectivity index (χ0v) is 12.5. The van der Waals surface area contributed by atoms with E-state index in [0.29, 0.717) is 11.5 Å². The molecule has 1 N–H and O–H groups in total. The SMILES string of the molecule is CCc1c(C(=O)NC(C)C2CC2)cnn1-c1ccccc1. The van der Waals surface area contributed by atoms with Crippen LogP contribution in [0.4, 0.5) is 0 Å². The van der Waals surface area contributed by atoms with Crippen LogP contribution in [0.25, 0.3) is 5.69 Å². The van der Waals surface area contributed by atoms with Gasteiger partial charge in [-0.25, -0.2) is 4.68 Å². The van der Waals surface area contributed by atoms with Crippen LogP contribution in [0.3, 0.4) is 0 Å². The van der Waals surface area contributed by atoms with E-state index in [0.717, 1.165) is 17.8 Å². The standard InChI is InChI=1S/C17H21N3O/c1-3-16-15(17(21)19-12(2)13-9-10-13)11-18-20(16)14-7-5-4-6-8-14/h4-8,11-13H,3,9-10H2,1-2H3,(H,19,21). The van der Waals surface area contributed by atoms with E-state index in [-0.39, 0.29) is 11.9 Å². The first kappa shape index (κ1) is 13.9. The zero-order valence-electron chi connectivity index (χ0n) is 12.5. The van der Waals surface area contributed by atoms with E-state index in [1.165, 1.54) is 12.8 Å². The van der Waals surface area contributed by atoms with Gasteiger partial charge in [0.2, 0.25) is 0 Å². The summed E-state index contributed by atoms with van der Waals surface area (Å²) < 4.78 is 1.86. The zero-order chi connectivity index (χ0) is 14.8. The monoisotopic (exact) mass is 283 g/mol. The molecule has 1 aliphatic rings. The smallest absolute Gasteiger partial charge is 0.254 e. The van der Waals surface area contributed by atoms with Crippen LogP contribution >= 0.6 is 0 Å². The second kappa shape index (κ2) is 5.72. The summed E-state index contributed by atoms with van der Waals surface area (Å²) in [4.78, 5) is 12.4. The highest BCUT2D eigenvalue weighted by atomic mass is 16.1. The molecular formula is C17H21N3O. The molecule has 1 aliphatic carbocycles. The van der Waals surface area contributed by atoms with Gasteiger partial charge in [0.05, 0.1) is 23.1 Å². The minimum Gasteiger partial charge on any atom is -0.349 e. The number of hydrogen-bond acceptors (Lipinski definition) is 2. The summed E-state index contributed by atoms with van der Waals surface area (Å²) in [5, 5.41) is 7.51. The molecule has 3 rings (SSSR count). The molecule has 1 amide bonds. The topological polar surface area (TPSA) is 46.9 Å². The molecule has 4 nitrogen and oxygen atoms in total. The Morgan fingerprint density at radius 2 is 2.10 bits per heavy atom. The second-order valence-corrected chi connectivity index (χ2v) is 5.71. The Morgan fingerprint density at radius 3 is 2.71 bits per heavy atom. The van der Waals surface area contributed by atoms with E-state index in [9.17, 15) is 4.79 Å². The molecule has 110 valence electrons. The van der Waals surface area contributed by atoms with Crippen molar-refractivity contribution in [3.8, 4) is 5.69 Å². The van der Waals surface area contributed by atoms with Gasteiger partial charge in [0.15, 0.2) is 0 Å². The maximum absolute atomic E-state index is 12.4. The second-order valence-electron chi connectivity index (χ2n) is 5.71. The van der Waals surface area contributed by atoms with Crippen LogP contribution in [0, 0.1) is 5.92 Å². The van der Waals surface area contributed by atoms with Crippen LogP contribution < -0.4 is 5.32 Å². The van der Waals surface area contributed by atoms with E-state index in [2.05, 4.69) is 24.3 Å². The summed E-state index contributed by atoms with van der Waals surface area (Å²) in [6, 6.07) is 10.2. The summed E-state index contributed by atoms with van der Waals surface area (Å²) in [5.41, 5.74) is 2.64. The Kier molecular flexibility index (Phi) is 3.78. The van der Waals surface area contributed by atoms with Crippen molar-refractivity contribution in [2.24, 2.45) is 5.92 Å². The molecule has 1 heterocycles. The first-order chi connectivity index (χ1) is 10.2. The molecule has 1 fully saturated rings. The summed E-state index contributed by atoms with van der Waals surface area (Å²) in [6.07, 6.45) is 4.91. The van der Waals surface area contributed by atoms with Crippen molar-refractivity contribution >= 4 is 5.91 Å². The van der Waals surface area contributed by atoms with Crippen molar-refractivity contribution < 1.29 is 4.79 Å². The van der Waals surface area contributed by atoms with E-state index in [1.54, 1.807) is 6.20 Å². The molecule has 0 aliphatic heterocycles. The van der Waals surface area contributed by atoms with Crippen LogP contribution in [0.1, 0.15) is 42.7 Å². The number of carbonyl (C=O) groups excluding carboxylic acids is 1. The van der Waals surface area contributed by atoms with Gasteiger partial charge in [0.1, 0.15) is 0 Å². The van der Waals surface area contributed by atoms with Gasteiger partial charge in [-0.3, -0.25) is 4.79 Å². The summed E-state index contributed by atoms with van der Waals surface area (Å²) in [6.45, 7) is 4.14. The molecule has 0 spiro atoms. The number of rotatable bonds is 5. The number of nitrogens with zero attached hydrogens (tertiary/aromatic N) is 2. The molecule has 1 aromatic heterocycles. The number of nitrogens with one attached hydrogen (secondary N) is 1. The fraction of sp³-hybridized carbons (Fsp3) is 0.412. The first-order valence-corrected chi connectivity index (χ1v) is 7.64. The van der Waals surface area contributed by atoms with Gasteiger partial charge in [-0.1, -0.05) is 25.1 Å². The third-order valence-corrected chi connectivity index (χ3v) is 4.14. The molecule has 1 atom stereocenters. The molecule has 4 heteroatoms. The number of carbonyl (C=O) groups is 1. The Hall–Kier alpha value is -2.10. The Morgan fingerprint density at radius 1 is 1.38 bits per heavy atom. The number of hydrogen-bond donors (Lipinski definition) is 1. The van der Waals surface area contributed by atoms with Crippen molar-refractivity contribution in [3.63, 3.8) is 0 Å². The lowest BCUT2D eigenvalue weighted by molar-refractivity contribution is 0.0935. The van der Waals surface area contributed by atoms with Crippen molar-refractivity contribution in [1.29, 1.82) is 0 Å². The van der Waals surface area contributed by atoms with Crippen LogP contribution in [0.5, 0.6) is 0 Å². The maximum atomic E-state index is 12.4. The molecule has 1 saturated carbocycles. The number of aromatic nitrogens is 2. The maximum Gasteiger partial charge on any atom is 0.254 e. The molecule has 21 heavy (non-hydrogen) atoms. The minimum absolute atomic E-state index is 0.00608. The highest BCUT2D eigenvalue weighted by molar-refractivity contribution is 5.95. The predicted molar refractivity (Wildman–Crippen MR) is 82.6 cm³/mol. The first-order valence-electron chi connectivity index (χ1n) is 7.64. The average molecular weight is 283 g/mol. The molecular weight excluding hydrogens is 262 g/mol. The third-order valence-electron chi connectivity index (χ3n) is 4.14. The average Bonchev–Trinajstić information content (AvgIpc) is 3.27. The number of benzene rings is 1. The lowest BCUT2D eigenvalue weighted by atomic mass is 10.1. The Bertz CT molecular complexity index is 629. The van der Waals surface area contributed by atoms with Crippen LogP contribution in [-0.4, -0.2) is 21.7 Å². The van der Waals surface area contributed by atoms with Gasteiger partial charge in [-0.2, -0.15) is 5.10 Å². The normalized spacial score (nSPS) is 15.7. The van der Waals surface area contributed by atoms with Crippen LogP contribution in [0.15, 0.2) is 36.5 Å². The van der Waals surface area contributed by atoms with Gasteiger partial charge >= 0.3 is 0 Å².